The molecule has 1 amide bonds. The van der Waals surface area contributed by atoms with Gasteiger partial charge in [0.1, 0.15) is 23.0 Å². The fourth-order valence-corrected chi connectivity index (χ4v) is 2.40. The number of halogens is 1. The number of aromatic nitrogens is 2. The topological polar surface area (TPSA) is 85.4 Å². The standard InChI is InChI=1S/C19H17ClN4O3/c1-26-14-7-8-15(17(9-14)27-2)24-18-11-21-16(10-22-18)19(25)23-13-5-3-12(20)4-6-13/h3-11H,1-2H3,(H,22,24)(H,23,25). The third-order valence-corrected chi connectivity index (χ3v) is 3.91. The van der Waals surface area contributed by atoms with Crippen LogP contribution in [0.25, 0.3) is 0 Å². The number of carbonyl (C=O) groups excluding carboxylic acids is 1. The molecular weight excluding hydrogens is 368 g/mol. The Balaban J connectivity index is 1.70. The Morgan fingerprint density at radius 2 is 1.78 bits per heavy atom. The maximum absolute atomic E-state index is 12.2. The number of anilines is 3. The van der Waals surface area contributed by atoms with E-state index in [1.54, 1.807) is 56.7 Å². The summed E-state index contributed by atoms with van der Waals surface area (Å²) in [6.07, 6.45) is 2.87. The van der Waals surface area contributed by atoms with Crippen LogP contribution in [0.1, 0.15) is 10.5 Å². The van der Waals surface area contributed by atoms with Crippen LogP contribution in [0, 0.1) is 0 Å². The monoisotopic (exact) mass is 384 g/mol. The summed E-state index contributed by atoms with van der Waals surface area (Å²) in [4.78, 5) is 20.6. The first-order valence-electron chi connectivity index (χ1n) is 7.97. The van der Waals surface area contributed by atoms with Crippen LogP contribution in [-0.4, -0.2) is 30.1 Å². The van der Waals surface area contributed by atoms with Crippen LogP contribution in [-0.2, 0) is 0 Å². The van der Waals surface area contributed by atoms with Crippen molar-refractivity contribution in [2.24, 2.45) is 0 Å². The lowest BCUT2D eigenvalue weighted by Gasteiger charge is -2.12. The van der Waals surface area contributed by atoms with Crippen molar-refractivity contribution in [2.75, 3.05) is 24.9 Å². The summed E-state index contributed by atoms with van der Waals surface area (Å²) in [5.41, 5.74) is 1.51. The predicted octanol–water partition coefficient (Wildman–Crippen LogP) is 4.14. The quantitative estimate of drug-likeness (QED) is 0.664. The average Bonchev–Trinajstić information content (AvgIpc) is 2.70. The highest BCUT2D eigenvalue weighted by atomic mass is 35.5. The number of nitrogens with one attached hydrogen (secondary N) is 2. The van der Waals surface area contributed by atoms with Crippen LogP contribution in [0.2, 0.25) is 5.02 Å². The molecule has 0 spiro atoms. The molecule has 3 rings (SSSR count). The van der Waals surface area contributed by atoms with E-state index in [1.165, 1.54) is 12.4 Å². The van der Waals surface area contributed by atoms with Gasteiger partial charge >= 0.3 is 0 Å². The maximum Gasteiger partial charge on any atom is 0.275 e. The van der Waals surface area contributed by atoms with Gasteiger partial charge in [0.05, 0.1) is 32.3 Å². The summed E-state index contributed by atoms with van der Waals surface area (Å²) >= 11 is 5.83. The molecule has 0 aliphatic carbocycles. The van der Waals surface area contributed by atoms with Crippen molar-refractivity contribution in [3.05, 3.63) is 65.6 Å². The van der Waals surface area contributed by atoms with E-state index < -0.39 is 0 Å². The largest absolute Gasteiger partial charge is 0.497 e. The van der Waals surface area contributed by atoms with Gasteiger partial charge in [-0.2, -0.15) is 0 Å². The second-order valence-corrected chi connectivity index (χ2v) is 5.88. The number of benzene rings is 2. The molecule has 0 aliphatic heterocycles. The molecule has 0 atom stereocenters. The Labute approximate surface area is 161 Å². The Morgan fingerprint density at radius 1 is 1.00 bits per heavy atom. The van der Waals surface area contributed by atoms with Gasteiger partial charge in [0, 0.05) is 16.8 Å². The Hall–Kier alpha value is -3.32. The summed E-state index contributed by atoms with van der Waals surface area (Å²) in [5.74, 6) is 1.39. The third kappa shape index (κ3) is 4.65. The van der Waals surface area contributed by atoms with Gasteiger partial charge in [-0.1, -0.05) is 11.6 Å². The first-order valence-corrected chi connectivity index (χ1v) is 8.35. The summed E-state index contributed by atoms with van der Waals surface area (Å²) in [7, 11) is 3.15. The van der Waals surface area contributed by atoms with Crippen LogP contribution in [0.4, 0.5) is 17.2 Å². The molecule has 138 valence electrons. The Bertz CT molecular complexity index is 931. The fraction of sp³-hybridized carbons (Fsp3) is 0.105. The van der Waals surface area contributed by atoms with Gasteiger partial charge in [-0.05, 0) is 36.4 Å². The van der Waals surface area contributed by atoms with Gasteiger partial charge in [0.15, 0.2) is 0 Å². The van der Waals surface area contributed by atoms with E-state index >= 15 is 0 Å². The molecule has 1 aromatic heterocycles. The van der Waals surface area contributed by atoms with Gasteiger partial charge in [-0.25, -0.2) is 9.97 Å². The minimum atomic E-state index is -0.363. The summed E-state index contributed by atoms with van der Waals surface area (Å²) < 4.78 is 10.5. The van der Waals surface area contributed by atoms with E-state index in [1.807, 2.05) is 0 Å². The van der Waals surface area contributed by atoms with Crippen molar-refractivity contribution < 1.29 is 14.3 Å². The first kappa shape index (κ1) is 18.5. The molecule has 2 N–H and O–H groups in total. The minimum Gasteiger partial charge on any atom is -0.497 e. The van der Waals surface area contributed by atoms with Crippen molar-refractivity contribution in [1.82, 2.24) is 9.97 Å². The molecule has 3 aromatic rings. The van der Waals surface area contributed by atoms with E-state index in [4.69, 9.17) is 21.1 Å². The van der Waals surface area contributed by atoms with Gasteiger partial charge in [-0.3, -0.25) is 4.79 Å². The van der Waals surface area contributed by atoms with Crippen LogP contribution in [0.15, 0.2) is 54.9 Å². The zero-order chi connectivity index (χ0) is 19.2. The summed E-state index contributed by atoms with van der Waals surface area (Å²) in [5, 5.41) is 6.42. The number of ether oxygens (including phenoxy) is 2. The first-order chi connectivity index (χ1) is 13.1. The molecule has 0 unspecified atom stereocenters. The number of hydrogen-bond donors (Lipinski definition) is 2. The number of methoxy groups -OCH3 is 2. The van der Waals surface area contributed by atoms with Crippen molar-refractivity contribution in [3.63, 3.8) is 0 Å². The average molecular weight is 385 g/mol. The zero-order valence-corrected chi connectivity index (χ0v) is 15.4. The van der Waals surface area contributed by atoms with Crippen molar-refractivity contribution >= 4 is 34.7 Å². The lowest BCUT2D eigenvalue weighted by atomic mass is 10.2. The van der Waals surface area contributed by atoms with Crippen LogP contribution < -0.4 is 20.1 Å². The third-order valence-electron chi connectivity index (χ3n) is 3.66. The molecule has 0 saturated carbocycles. The molecule has 0 fully saturated rings. The number of carbonyl (C=O) groups is 1. The molecule has 0 aliphatic rings. The van der Waals surface area contributed by atoms with Gasteiger partial charge in [0.2, 0.25) is 0 Å². The highest BCUT2D eigenvalue weighted by Gasteiger charge is 2.10. The molecule has 0 radical (unpaired) electrons. The summed E-state index contributed by atoms with van der Waals surface area (Å²) in [6, 6.07) is 12.2. The molecule has 27 heavy (non-hydrogen) atoms. The number of rotatable bonds is 6. The molecule has 7 nitrogen and oxygen atoms in total. The van der Waals surface area contributed by atoms with E-state index in [0.29, 0.717) is 33.7 Å². The van der Waals surface area contributed by atoms with E-state index in [2.05, 4.69) is 20.6 Å². The summed E-state index contributed by atoms with van der Waals surface area (Å²) in [6.45, 7) is 0. The van der Waals surface area contributed by atoms with Crippen LogP contribution in [0.5, 0.6) is 11.5 Å². The molecule has 0 bridgehead atoms. The lowest BCUT2D eigenvalue weighted by molar-refractivity contribution is 0.102. The van der Waals surface area contributed by atoms with E-state index in [0.717, 1.165) is 0 Å². The minimum absolute atomic E-state index is 0.192. The maximum atomic E-state index is 12.2. The molecule has 8 heteroatoms. The second kappa shape index (κ2) is 8.37. The fourth-order valence-electron chi connectivity index (χ4n) is 2.28. The van der Waals surface area contributed by atoms with Gasteiger partial charge < -0.3 is 20.1 Å². The van der Waals surface area contributed by atoms with Crippen molar-refractivity contribution in [2.45, 2.75) is 0 Å². The predicted molar refractivity (Wildman–Crippen MR) is 104 cm³/mol. The highest BCUT2D eigenvalue weighted by Crippen LogP contribution is 2.30. The van der Waals surface area contributed by atoms with E-state index in [-0.39, 0.29) is 11.6 Å². The van der Waals surface area contributed by atoms with Crippen molar-refractivity contribution in [1.29, 1.82) is 0 Å². The molecule has 1 heterocycles. The molecule has 2 aromatic carbocycles. The number of amides is 1. The SMILES string of the molecule is COc1ccc(Nc2cnc(C(=O)Nc3ccc(Cl)cc3)cn2)c(OC)c1. The van der Waals surface area contributed by atoms with Crippen LogP contribution >= 0.6 is 11.6 Å². The van der Waals surface area contributed by atoms with Gasteiger partial charge in [-0.15, -0.1) is 0 Å². The lowest BCUT2D eigenvalue weighted by Crippen LogP contribution is -2.14. The highest BCUT2D eigenvalue weighted by molar-refractivity contribution is 6.30. The smallest absolute Gasteiger partial charge is 0.275 e. The van der Waals surface area contributed by atoms with Crippen molar-refractivity contribution in [3.8, 4) is 11.5 Å². The Morgan fingerprint density at radius 3 is 2.41 bits per heavy atom. The molecule has 0 saturated heterocycles. The second-order valence-electron chi connectivity index (χ2n) is 5.44. The number of nitrogens with zero attached hydrogens (tertiary/aromatic N) is 2. The Kier molecular flexibility index (Phi) is 5.73. The molecular formula is C19H17ClN4O3. The van der Waals surface area contributed by atoms with Gasteiger partial charge in [0.25, 0.3) is 5.91 Å². The zero-order valence-electron chi connectivity index (χ0n) is 14.7. The normalized spacial score (nSPS) is 10.2. The van der Waals surface area contributed by atoms with Crippen LogP contribution in [0.3, 0.4) is 0 Å². The van der Waals surface area contributed by atoms with E-state index in [9.17, 15) is 4.79 Å². The number of hydrogen-bond acceptors (Lipinski definition) is 6.